The van der Waals surface area contributed by atoms with Gasteiger partial charge in [-0.15, -0.1) is 11.3 Å². The third-order valence-corrected chi connectivity index (χ3v) is 4.77. The molecule has 2 N–H and O–H groups in total. The van der Waals surface area contributed by atoms with Gasteiger partial charge in [0.2, 0.25) is 17.7 Å². The summed E-state index contributed by atoms with van der Waals surface area (Å²) in [5.74, 6) is -0.323. The maximum absolute atomic E-state index is 12.1. The van der Waals surface area contributed by atoms with Gasteiger partial charge in [-0.1, -0.05) is 12.1 Å². The standard InChI is InChI=1S/C18H20N4O3S/c1-12(23)19-14-7-5-13(6-8-14)15-11-26-18(20-15)21-16(24)10-22-9-3-2-4-17(22)25/h5-8,11H,2-4,9-10H2,1H3,(H,19,23)(H,20,21,24). The highest BCUT2D eigenvalue weighted by Crippen LogP contribution is 2.26. The number of benzene rings is 1. The summed E-state index contributed by atoms with van der Waals surface area (Å²) in [4.78, 5) is 41.0. The van der Waals surface area contributed by atoms with Crippen LogP contribution >= 0.6 is 11.3 Å². The molecule has 1 saturated heterocycles. The number of carbonyl (C=O) groups excluding carboxylic acids is 3. The van der Waals surface area contributed by atoms with Crippen LogP contribution in [0, 0.1) is 0 Å². The van der Waals surface area contributed by atoms with Crippen LogP contribution in [-0.2, 0) is 14.4 Å². The molecule has 0 radical (unpaired) electrons. The Bertz CT molecular complexity index is 816. The SMILES string of the molecule is CC(=O)Nc1ccc(-c2csc(NC(=O)CN3CCCCC3=O)n2)cc1. The fourth-order valence-electron chi connectivity index (χ4n) is 2.75. The molecule has 0 atom stereocenters. The van der Waals surface area contributed by atoms with Gasteiger partial charge in [-0.05, 0) is 25.0 Å². The maximum Gasteiger partial charge on any atom is 0.245 e. The van der Waals surface area contributed by atoms with Crippen LogP contribution in [0.15, 0.2) is 29.6 Å². The van der Waals surface area contributed by atoms with Crippen LogP contribution in [0.25, 0.3) is 11.3 Å². The summed E-state index contributed by atoms with van der Waals surface area (Å²) in [5, 5.41) is 7.82. The lowest BCUT2D eigenvalue weighted by Gasteiger charge is -2.25. The predicted molar refractivity (Wildman–Crippen MR) is 101 cm³/mol. The van der Waals surface area contributed by atoms with Crippen LogP contribution in [0.3, 0.4) is 0 Å². The number of hydrogen-bond acceptors (Lipinski definition) is 5. The van der Waals surface area contributed by atoms with E-state index >= 15 is 0 Å². The van der Waals surface area contributed by atoms with Crippen molar-refractivity contribution in [2.45, 2.75) is 26.2 Å². The molecule has 8 heteroatoms. The molecule has 7 nitrogen and oxygen atoms in total. The van der Waals surface area contributed by atoms with Gasteiger partial charge in [-0.3, -0.25) is 14.4 Å². The van der Waals surface area contributed by atoms with Gasteiger partial charge >= 0.3 is 0 Å². The van der Waals surface area contributed by atoms with Gasteiger partial charge in [0, 0.05) is 36.5 Å². The number of nitrogens with zero attached hydrogens (tertiary/aromatic N) is 2. The van der Waals surface area contributed by atoms with E-state index < -0.39 is 0 Å². The van der Waals surface area contributed by atoms with E-state index in [4.69, 9.17) is 0 Å². The number of hydrogen-bond donors (Lipinski definition) is 2. The van der Waals surface area contributed by atoms with Gasteiger partial charge in [0.25, 0.3) is 0 Å². The molecule has 1 aliphatic rings. The number of nitrogens with one attached hydrogen (secondary N) is 2. The molecule has 0 spiro atoms. The lowest BCUT2D eigenvalue weighted by atomic mass is 10.1. The second-order valence-corrected chi connectivity index (χ2v) is 6.98. The highest BCUT2D eigenvalue weighted by atomic mass is 32.1. The van der Waals surface area contributed by atoms with Crippen molar-refractivity contribution in [1.29, 1.82) is 0 Å². The summed E-state index contributed by atoms with van der Waals surface area (Å²) >= 11 is 1.33. The summed E-state index contributed by atoms with van der Waals surface area (Å²) in [6.07, 6.45) is 2.35. The molecular weight excluding hydrogens is 352 g/mol. The van der Waals surface area contributed by atoms with Gasteiger partial charge in [-0.2, -0.15) is 0 Å². The average Bonchev–Trinajstić information content (AvgIpc) is 3.05. The molecule has 0 saturated carbocycles. The van der Waals surface area contributed by atoms with Crippen LogP contribution in [-0.4, -0.2) is 40.7 Å². The van der Waals surface area contributed by atoms with Gasteiger partial charge in [0.15, 0.2) is 5.13 Å². The van der Waals surface area contributed by atoms with Gasteiger partial charge in [-0.25, -0.2) is 4.98 Å². The summed E-state index contributed by atoms with van der Waals surface area (Å²) in [5.41, 5.74) is 2.35. The summed E-state index contributed by atoms with van der Waals surface area (Å²) in [7, 11) is 0. The quantitative estimate of drug-likeness (QED) is 0.844. The van der Waals surface area contributed by atoms with Crippen molar-refractivity contribution < 1.29 is 14.4 Å². The molecule has 136 valence electrons. The molecule has 2 aromatic rings. The Morgan fingerprint density at radius 1 is 1.19 bits per heavy atom. The molecule has 1 aromatic carbocycles. The number of carbonyl (C=O) groups is 3. The molecule has 0 bridgehead atoms. The highest BCUT2D eigenvalue weighted by Gasteiger charge is 2.20. The molecule has 26 heavy (non-hydrogen) atoms. The number of likely N-dealkylation sites (tertiary alicyclic amines) is 1. The van der Waals surface area contributed by atoms with Crippen LogP contribution in [0.2, 0.25) is 0 Å². The average molecular weight is 372 g/mol. The van der Waals surface area contributed by atoms with E-state index in [-0.39, 0.29) is 24.3 Å². The van der Waals surface area contributed by atoms with Crippen molar-refractivity contribution in [2.75, 3.05) is 23.7 Å². The van der Waals surface area contributed by atoms with E-state index in [0.717, 1.165) is 29.8 Å². The second kappa shape index (κ2) is 8.09. The van der Waals surface area contributed by atoms with Crippen molar-refractivity contribution in [3.8, 4) is 11.3 Å². The molecule has 0 aliphatic carbocycles. The van der Waals surface area contributed by atoms with E-state index in [0.29, 0.717) is 18.1 Å². The smallest absolute Gasteiger partial charge is 0.245 e. The fourth-order valence-corrected chi connectivity index (χ4v) is 3.49. The normalized spacial score (nSPS) is 14.2. The minimum atomic E-state index is -0.234. The van der Waals surface area contributed by atoms with Crippen molar-refractivity contribution in [1.82, 2.24) is 9.88 Å². The lowest BCUT2D eigenvalue weighted by Crippen LogP contribution is -2.40. The number of thiazole rings is 1. The van der Waals surface area contributed by atoms with Crippen LogP contribution in [0.4, 0.5) is 10.8 Å². The molecule has 3 rings (SSSR count). The van der Waals surface area contributed by atoms with E-state index in [1.54, 1.807) is 17.0 Å². The second-order valence-electron chi connectivity index (χ2n) is 6.12. The summed E-state index contributed by atoms with van der Waals surface area (Å²) < 4.78 is 0. The molecule has 1 aliphatic heterocycles. The largest absolute Gasteiger partial charge is 0.333 e. The third-order valence-electron chi connectivity index (χ3n) is 4.01. The zero-order valence-electron chi connectivity index (χ0n) is 14.4. The Morgan fingerprint density at radius 3 is 2.65 bits per heavy atom. The van der Waals surface area contributed by atoms with E-state index in [1.807, 2.05) is 17.5 Å². The molecular formula is C18H20N4O3S. The first kappa shape index (κ1) is 18.1. The molecule has 2 heterocycles. The van der Waals surface area contributed by atoms with Crippen LogP contribution in [0.1, 0.15) is 26.2 Å². The number of piperidine rings is 1. The minimum absolute atomic E-state index is 0.0329. The number of amides is 3. The minimum Gasteiger partial charge on any atom is -0.333 e. The van der Waals surface area contributed by atoms with Crippen molar-refractivity contribution in [3.05, 3.63) is 29.6 Å². The predicted octanol–water partition coefficient (Wildman–Crippen LogP) is 2.72. The first-order valence-electron chi connectivity index (χ1n) is 8.42. The number of aromatic nitrogens is 1. The van der Waals surface area contributed by atoms with Crippen molar-refractivity contribution in [3.63, 3.8) is 0 Å². The van der Waals surface area contributed by atoms with Crippen molar-refractivity contribution >= 4 is 39.9 Å². The Kier molecular flexibility index (Phi) is 5.62. The van der Waals surface area contributed by atoms with Crippen molar-refractivity contribution in [2.24, 2.45) is 0 Å². The molecule has 1 fully saturated rings. The third kappa shape index (κ3) is 4.66. The zero-order valence-corrected chi connectivity index (χ0v) is 15.3. The Hall–Kier alpha value is -2.74. The topological polar surface area (TPSA) is 91.4 Å². The van der Waals surface area contributed by atoms with Gasteiger partial charge in [0.1, 0.15) is 0 Å². The monoisotopic (exact) mass is 372 g/mol. The summed E-state index contributed by atoms with van der Waals surface area (Å²) in [6, 6.07) is 7.32. The first-order chi connectivity index (χ1) is 12.5. The highest BCUT2D eigenvalue weighted by molar-refractivity contribution is 7.14. The lowest BCUT2D eigenvalue weighted by molar-refractivity contribution is -0.136. The Labute approximate surface area is 155 Å². The molecule has 3 amide bonds. The molecule has 0 unspecified atom stereocenters. The van der Waals surface area contributed by atoms with Gasteiger partial charge < -0.3 is 15.5 Å². The van der Waals surface area contributed by atoms with E-state index in [2.05, 4.69) is 15.6 Å². The maximum atomic E-state index is 12.1. The van der Waals surface area contributed by atoms with Crippen LogP contribution in [0.5, 0.6) is 0 Å². The summed E-state index contributed by atoms with van der Waals surface area (Å²) in [6.45, 7) is 2.16. The molecule has 1 aromatic heterocycles. The van der Waals surface area contributed by atoms with E-state index in [1.165, 1.54) is 18.3 Å². The van der Waals surface area contributed by atoms with Gasteiger partial charge in [0.05, 0.1) is 12.2 Å². The number of anilines is 2. The fraction of sp³-hybridized carbons (Fsp3) is 0.333. The number of rotatable bonds is 5. The Morgan fingerprint density at radius 2 is 1.96 bits per heavy atom. The van der Waals surface area contributed by atoms with Crippen LogP contribution < -0.4 is 10.6 Å². The van der Waals surface area contributed by atoms with E-state index in [9.17, 15) is 14.4 Å². The Balaban J connectivity index is 1.59. The zero-order chi connectivity index (χ0) is 18.5. The first-order valence-corrected chi connectivity index (χ1v) is 9.30.